The summed E-state index contributed by atoms with van der Waals surface area (Å²) in [6.45, 7) is -0.526. The lowest BCUT2D eigenvalue weighted by Crippen LogP contribution is -2.47. The summed E-state index contributed by atoms with van der Waals surface area (Å²) in [6.07, 6.45) is 0.522. The standard InChI is InChI=1S/C23H24N2O6/c26-12-19(21(28)29)24-20(27)11-23(9-10-23)25-22(30)31-13-18-16-7-3-1-5-14(16)15-6-2-4-8-17(15)18/h1-8,18-19,26H,9-13H2,(H,24,27)(H,25,30)(H,28,29)/t19-/m1/s1. The van der Waals surface area contributed by atoms with Crippen LogP contribution in [0.1, 0.15) is 36.3 Å². The molecule has 31 heavy (non-hydrogen) atoms. The van der Waals surface area contributed by atoms with E-state index in [1.165, 1.54) is 0 Å². The maximum absolute atomic E-state index is 12.4. The second-order valence-corrected chi connectivity index (χ2v) is 8.05. The van der Waals surface area contributed by atoms with E-state index in [1.807, 2.05) is 36.4 Å². The third-order valence-electron chi connectivity index (χ3n) is 5.88. The molecule has 1 saturated carbocycles. The molecule has 2 aromatic carbocycles. The van der Waals surface area contributed by atoms with Crippen molar-refractivity contribution in [3.8, 4) is 11.1 Å². The van der Waals surface area contributed by atoms with Gasteiger partial charge >= 0.3 is 12.1 Å². The van der Waals surface area contributed by atoms with E-state index in [-0.39, 0.29) is 18.9 Å². The lowest BCUT2D eigenvalue weighted by atomic mass is 9.98. The minimum Gasteiger partial charge on any atom is -0.480 e. The van der Waals surface area contributed by atoms with Gasteiger partial charge < -0.3 is 25.6 Å². The second kappa shape index (κ2) is 8.39. The lowest BCUT2D eigenvalue weighted by molar-refractivity contribution is -0.143. The van der Waals surface area contributed by atoms with E-state index >= 15 is 0 Å². The monoisotopic (exact) mass is 424 g/mol. The molecule has 8 nitrogen and oxygen atoms in total. The van der Waals surface area contributed by atoms with Gasteiger partial charge in [-0.25, -0.2) is 9.59 Å². The zero-order valence-electron chi connectivity index (χ0n) is 16.8. The van der Waals surface area contributed by atoms with Crippen molar-refractivity contribution in [2.75, 3.05) is 13.2 Å². The number of rotatable bonds is 8. The maximum atomic E-state index is 12.4. The first kappa shape index (κ1) is 20.9. The number of hydrogen-bond acceptors (Lipinski definition) is 5. The smallest absolute Gasteiger partial charge is 0.407 e. The molecule has 2 amide bonds. The largest absolute Gasteiger partial charge is 0.480 e. The van der Waals surface area contributed by atoms with E-state index in [4.69, 9.17) is 14.9 Å². The number of carboxylic acid groups (broad SMARTS) is 1. The van der Waals surface area contributed by atoms with Crippen LogP contribution in [-0.2, 0) is 14.3 Å². The van der Waals surface area contributed by atoms with Crippen LogP contribution in [0, 0.1) is 0 Å². The Kier molecular flexibility index (Phi) is 5.65. The average Bonchev–Trinajstić information content (AvgIpc) is 3.42. The van der Waals surface area contributed by atoms with Crippen LogP contribution in [0.3, 0.4) is 0 Å². The Bertz CT molecular complexity index is 971. The molecule has 2 aromatic rings. The summed E-state index contributed by atoms with van der Waals surface area (Å²) in [6, 6.07) is 14.7. The normalized spacial score (nSPS) is 16.5. The highest BCUT2D eigenvalue weighted by Gasteiger charge is 2.46. The third kappa shape index (κ3) is 4.39. The van der Waals surface area contributed by atoms with Gasteiger partial charge in [0.25, 0.3) is 0 Å². The number of nitrogens with one attached hydrogen (secondary N) is 2. The van der Waals surface area contributed by atoms with Gasteiger partial charge in [-0.1, -0.05) is 48.5 Å². The van der Waals surface area contributed by atoms with E-state index in [0.717, 1.165) is 22.3 Å². The molecule has 0 heterocycles. The number of carbonyl (C=O) groups is 3. The van der Waals surface area contributed by atoms with Crippen molar-refractivity contribution in [1.82, 2.24) is 10.6 Å². The van der Waals surface area contributed by atoms with Crippen molar-refractivity contribution in [2.24, 2.45) is 0 Å². The van der Waals surface area contributed by atoms with E-state index in [9.17, 15) is 14.4 Å². The summed E-state index contributed by atoms with van der Waals surface area (Å²) in [5.74, 6) is -1.92. The minimum absolute atomic E-state index is 0.0579. The molecule has 0 unspecified atom stereocenters. The fourth-order valence-electron chi connectivity index (χ4n) is 4.09. The SMILES string of the molecule is O=C(CC1(NC(=O)OCC2c3ccccc3-c3ccccc32)CC1)N[C@H](CO)C(=O)O. The number of aliphatic carboxylic acids is 1. The molecule has 0 spiro atoms. The Morgan fingerprint density at radius 1 is 1.03 bits per heavy atom. The number of aliphatic hydroxyl groups is 1. The van der Waals surface area contributed by atoms with Crippen LogP contribution in [-0.4, -0.2) is 53.0 Å². The minimum atomic E-state index is -1.36. The molecule has 2 aliphatic rings. The topological polar surface area (TPSA) is 125 Å². The van der Waals surface area contributed by atoms with Gasteiger partial charge in [0.1, 0.15) is 12.6 Å². The Morgan fingerprint density at radius 2 is 1.61 bits per heavy atom. The molecular formula is C23H24N2O6. The van der Waals surface area contributed by atoms with Crippen molar-refractivity contribution < 1.29 is 29.3 Å². The van der Waals surface area contributed by atoms with Crippen molar-refractivity contribution in [1.29, 1.82) is 0 Å². The molecule has 0 radical (unpaired) electrons. The number of benzene rings is 2. The molecule has 162 valence electrons. The van der Waals surface area contributed by atoms with Gasteiger partial charge in [-0.05, 0) is 35.1 Å². The highest BCUT2D eigenvalue weighted by Crippen LogP contribution is 2.44. The number of carboxylic acids is 1. The molecule has 4 rings (SSSR count). The van der Waals surface area contributed by atoms with Gasteiger partial charge in [0.15, 0.2) is 0 Å². The summed E-state index contributed by atoms with van der Waals surface area (Å²) < 4.78 is 5.52. The van der Waals surface area contributed by atoms with Gasteiger partial charge in [-0.2, -0.15) is 0 Å². The van der Waals surface area contributed by atoms with Crippen molar-refractivity contribution in [3.05, 3.63) is 59.7 Å². The first-order chi connectivity index (χ1) is 14.9. The third-order valence-corrected chi connectivity index (χ3v) is 5.88. The molecule has 0 saturated heterocycles. The molecule has 2 aliphatic carbocycles. The number of carbonyl (C=O) groups excluding carboxylic acids is 2. The predicted molar refractivity (Wildman–Crippen MR) is 111 cm³/mol. The van der Waals surface area contributed by atoms with Gasteiger partial charge in [-0.15, -0.1) is 0 Å². The van der Waals surface area contributed by atoms with Gasteiger partial charge in [0.2, 0.25) is 5.91 Å². The van der Waals surface area contributed by atoms with E-state index < -0.39 is 36.2 Å². The zero-order chi connectivity index (χ0) is 22.0. The molecule has 0 aliphatic heterocycles. The van der Waals surface area contributed by atoms with Crippen molar-refractivity contribution >= 4 is 18.0 Å². The molecule has 0 bridgehead atoms. The van der Waals surface area contributed by atoms with Crippen LogP contribution in [0.2, 0.25) is 0 Å². The van der Waals surface area contributed by atoms with Gasteiger partial charge in [0.05, 0.1) is 12.1 Å². The fraction of sp³-hybridized carbons (Fsp3) is 0.348. The quantitative estimate of drug-likeness (QED) is 0.514. The van der Waals surface area contributed by atoms with Crippen LogP contribution in [0.5, 0.6) is 0 Å². The molecular weight excluding hydrogens is 400 g/mol. The lowest BCUT2D eigenvalue weighted by Gasteiger charge is -2.20. The number of aliphatic hydroxyl groups excluding tert-OH is 1. The second-order valence-electron chi connectivity index (χ2n) is 8.05. The average molecular weight is 424 g/mol. The number of ether oxygens (including phenoxy) is 1. The number of alkyl carbamates (subject to hydrolysis) is 1. The Hall–Kier alpha value is -3.39. The predicted octanol–water partition coefficient (Wildman–Crippen LogP) is 2.01. The molecule has 4 N–H and O–H groups in total. The van der Waals surface area contributed by atoms with Crippen LogP contribution >= 0.6 is 0 Å². The van der Waals surface area contributed by atoms with Crippen LogP contribution in [0.4, 0.5) is 4.79 Å². The number of hydrogen-bond donors (Lipinski definition) is 4. The summed E-state index contributed by atoms with van der Waals surface area (Å²) >= 11 is 0. The maximum Gasteiger partial charge on any atom is 0.407 e. The van der Waals surface area contributed by atoms with E-state index in [2.05, 4.69) is 22.8 Å². The first-order valence-electron chi connectivity index (χ1n) is 10.2. The fourth-order valence-corrected chi connectivity index (χ4v) is 4.09. The van der Waals surface area contributed by atoms with E-state index in [1.54, 1.807) is 0 Å². The summed E-state index contributed by atoms with van der Waals surface area (Å²) in [7, 11) is 0. The molecule has 1 atom stereocenters. The van der Waals surface area contributed by atoms with Crippen molar-refractivity contribution in [2.45, 2.75) is 36.8 Å². The highest BCUT2D eigenvalue weighted by atomic mass is 16.5. The van der Waals surface area contributed by atoms with E-state index in [0.29, 0.717) is 12.8 Å². The van der Waals surface area contributed by atoms with Crippen LogP contribution in [0.25, 0.3) is 11.1 Å². The summed E-state index contributed by atoms with van der Waals surface area (Å²) in [5, 5.41) is 23.0. The van der Waals surface area contributed by atoms with Crippen molar-refractivity contribution in [3.63, 3.8) is 0 Å². The summed E-state index contributed by atoms with van der Waals surface area (Å²) in [4.78, 5) is 35.5. The Labute approximate surface area is 179 Å². The number of fused-ring (bicyclic) bond motifs is 3. The Balaban J connectivity index is 1.35. The van der Waals surface area contributed by atoms with Gasteiger partial charge in [-0.3, -0.25) is 4.79 Å². The molecule has 0 aromatic heterocycles. The Morgan fingerprint density at radius 3 is 2.13 bits per heavy atom. The van der Waals surface area contributed by atoms with Crippen LogP contribution < -0.4 is 10.6 Å². The number of amides is 2. The zero-order valence-corrected chi connectivity index (χ0v) is 16.8. The van der Waals surface area contributed by atoms with Gasteiger partial charge in [0, 0.05) is 12.3 Å². The molecule has 1 fully saturated rings. The highest BCUT2D eigenvalue weighted by molar-refractivity contribution is 5.85. The van der Waals surface area contributed by atoms with Crippen LogP contribution in [0.15, 0.2) is 48.5 Å². The molecule has 8 heteroatoms. The summed E-state index contributed by atoms with van der Waals surface area (Å²) in [5.41, 5.74) is 3.77. The first-order valence-corrected chi connectivity index (χ1v) is 10.2.